The van der Waals surface area contributed by atoms with Crippen molar-refractivity contribution < 1.29 is 14.6 Å². The zero-order valence-electron chi connectivity index (χ0n) is 13.3. The first-order valence-electron chi connectivity index (χ1n) is 7.49. The first-order valence-corrected chi connectivity index (χ1v) is 7.49. The van der Waals surface area contributed by atoms with E-state index in [0.717, 1.165) is 18.4 Å². The number of esters is 1. The lowest BCUT2D eigenvalue weighted by atomic mass is 9.83. The van der Waals surface area contributed by atoms with Crippen LogP contribution in [0.3, 0.4) is 0 Å². The Kier molecular flexibility index (Phi) is 6.47. The first kappa shape index (κ1) is 17.0. The van der Waals surface area contributed by atoms with Gasteiger partial charge in [0.2, 0.25) is 0 Å². The molecule has 0 saturated heterocycles. The van der Waals surface area contributed by atoms with Crippen LogP contribution in [0, 0.1) is 11.8 Å². The average molecular weight is 280 g/mol. The van der Waals surface area contributed by atoms with Gasteiger partial charge in [0, 0.05) is 12.8 Å². The van der Waals surface area contributed by atoms with Crippen LogP contribution in [-0.2, 0) is 9.53 Å². The monoisotopic (exact) mass is 280 g/mol. The number of aliphatic hydroxyl groups is 1. The molecule has 0 radical (unpaired) electrons. The van der Waals surface area contributed by atoms with Gasteiger partial charge in [0.15, 0.2) is 0 Å². The summed E-state index contributed by atoms with van der Waals surface area (Å²) in [5, 5.41) is 9.99. The van der Waals surface area contributed by atoms with Crippen molar-refractivity contribution in [3.05, 3.63) is 23.3 Å². The molecule has 1 aliphatic rings. The van der Waals surface area contributed by atoms with E-state index in [2.05, 4.69) is 20.8 Å². The van der Waals surface area contributed by atoms with Gasteiger partial charge in [0.1, 0.15) is 6.10 Å². The molecule has 3 heteroatoms. The summed E-state index contributed by atoms with van der Waals surface area (Å²) in [5.74, 6) is 0.516. The molecule has 0 amide bonds. The third-order valence-electron chi connectivity index (χ3n) is 3.91. The Labute approximate surface area is 122 Å². The van der Waals surface area contributed by atoms with Gasteiger partial charge in [0.25, 0.3) is 0 Å². The summed E-state index contributed by atoms with van der Waals surface area (Å²) >= 11 is 0. The Morgan fingerprint density at radius 1 is 1.30 bits per heavy atom. The molecule has 0 bridgehead atoms. The van der Waals surface area contributed by atoms with Crippen LogP contribution >= 0.6 is 0 Å². The normalized spacial score (nSPS) is 33.9. The van der Waals surface area contributed by atoms with E-state index in [9.17, 15) is 9.90 Å². The standard InChI is InChI=1S/C17H28O3/c1-11(2)16-7-6-12(3)8-15(19)9-13(4)10-17(16)20-14(5)18/h8,10-11,15-17,19H,6-7,9H2,1-5H3/b12-8-,13-10+/t15-,16-,17-/m0/s1. The number of hydrogen-bond acceptors (Lipinski definition) is 3. The minimum atomic E-state index is -0.445. The number of allylic oxidation sites excluding steroid dienone is 1. The van der Waals surface area contributed by atoms with Gasteiger partial charge in [-0.1, -0.05) is 31.1 Å². The topological polar surface area (TPSA) is 46.5 Å². The molecule has 0 aliphatic heterocycles. The fraction of sp³-hybridized carbons (Fsp3) is 0.706. The number of hydrogen-bond donors (Lipinski definition) is 1. The highest BCUT2D eigenvalue weighted by Crippen LogP contribution is 2.29. The largest absolute Gasteiger partial charge is 0.458 e. The van der Waals surface area contributed by atoms with E-state index in [0.29, 0.717) is 18.3 Å². The average Bonchev–Trinajstić information content (AvgIpc) is 2.25. The molecular weight excluding hydrogens is 252 g/mol. The SMILES string of the molecule is CC(=O)O[C@H]1/C=C(\C)C[C@@H](O)/C=C(/C)CC[C@H]1C(C)C. The van der Waals surface area contributed by atoms with Gasteiger partial charge < -0.3 is 9.84 Å². The summed E-state index contributed by atoms with van der Waals surface area (Å²) in [6.07, 6.45) is 5.83. The molecule has 1 rings (SSSR count). The molecule has 0 spiro atoms. The fourth-order valence-electron chi connectivity index (χ4n) is 2.86. The molecule has 0 aromatic heterocycles. The molecule has 0 saturated carbocycles. The van der Waals surface area contributed by atoms with Crippen LogP contribution in [0.5, 0.6) is 0 Å². The van der Waals surface area contributed by atoms with Crippen LogP contribution in [0.2, 0.25) is 0 Å². The lowest BCUT2D eigenvalue weighted by molar-refractivity contribution is -0.147. The minimum absolute atomic E-state index is 0.189. The van der Waals surface area contributed by atoms with Crippen LogP contribution in [-0.4, -0.2) is 23.3 Å². The maximum Gasteiger partial charge on any atom is 0.303 e. The van der Waals surface area contributed by atoms with E-state index >= 15 is 0 Å². The van der Waals surface area contributed by atoms with Crippen molar-refractivity contribution in [1.29, 1.82) is 0 Å². The molecule has 1 N–H and O–H groups in total. The Hall–Kier alpha value is -1.09. The molecule has 3 atom stereocenters. The summed E-state index contributed by atoms with van der Waals surface area (Å²) in [6.45, 7) is 9.84. The Balaban J connectivity index is 3.04. The molecule has 114 valence electrons. The maximum atomic E-state index is 11.4. The van der Waals surface area contributed by atoms with Crippen molar-refractivity contribution in [2.45, 2.75) is 66.1 Å². The highest BCUT2D eigenvalue weighted by Gasteiger charge is 2.26. The molecule has 3 nitrogen and oxygen atoms in total. The highest BCUT2D eigenvalue weighted by atomic mass is 16.5. The van der Waals surface area contributed by atoms with E-state index in [-0.39, 0.29) is 12.1 Å². The van der Waals surface area contributed by atoms with Gasteiger partial charge >= 0.3 is 5.97 Å². The summed E-state index contributed by atoms with van der Waals surface area (Å²) in [6, 6.07) is 0. The summed E-state index contributed by atoms with van der Waals surface area (Å²) in [4.78, 5) is 11.4. The van der Waals surface area contributed by atoms with E-state index < -0.39 is 6.10 Å². The molecular formula is C17H28O3. The van der Waals surface area contributed by atoms with Gasteiger partial charge in [0.05, 0.1) is 6.10 Å². The molecule has 0 aromatic rings. The molecule has 0 fully saturated rings. The predicted molar refractivity (Wildman–Crippen MR) is 81.3 cm³/mol. The van der Waals surface area contributed by atoms with E-state index in [1.807, 2.05) is 19.1 Å². The second-order valence-corrected chi connectivity index (χ2v) is 6.32. The Morgan fingerprint density at radius 2 is 1.95 bits per heavy atom. The third-order valence-corrected chi connectivity index (χ3v) is 3.91. The van der Waals surface area contributed by atoms with Crippen LogP contribution < -0.4 is 0 Å². The van der Waals surface area contributed by atoms with Crippen molar-refractivity contribution in [3.8, 4) is 0 Å². The molecule has 0 heterocycles. The smallest absolute Gasteiger partial charge is 0.303 e. The van der Waals surface area contributed by atoms with E-state index in [1.54, 1.807) is 0 Å². The number of ether oxygens (including phenoxy) is 1. The minimum Gasteiger partial charge on any atom is -0.458 e. The number of carbonyl (C=O) groups excluding carboxylic acids is 1. The van der Waals surface area contributed by atoms with Crippen molar-refractivity contribution in [1.82, 2.24) is 0 Å². The summed E-state index contributed by atoms with van der Waals surface area (Å²) < 4.78 is 5.52. The van der Waals surface area contributed by atoms with Gasteiger partial charge in [-0.3, -0.25) is 4.79 Å². The van der Waals surface area contributed by atoms with E-state index in [4.69, 9.17) is 4.74 Å². The number of rotatable bonds is 2. The predicted octanol–water partition coefficient (Wildman–Crippen LogP) is 3.63. The van der Waals surface area contributed by atoms with Crippen molar-refractivity contribution in [2.75, 3.05) is 0 Å². The zero-order valence-corrected chi connectivity index (χ0v) is 13.3. The van der Waals surface area contributed by atoms with Crippen LogP contribution in [0.25, 0.3) is 0 Å². The molecule has 1 aliphatic carbocycles. The quantitative estimate of drug-likeness (QED) is 0.620. The summed E-state index contributed by atoms with van der Waals surface area (Å²) in [7, 11) is 0. The first-order chi connectivity index (χ1) is 9.29. The molecule has 20 heavy (non-hydrogen) atoms. The highest BCUT2D eigenvalue weighted by molar-refractivity contribution is 5.66. The number of aliphatic hydroxyl groups excluding tert-OH is 1. The van der Waals surface area contributed by atoms with Gasteiger partial charge in [-0.2, -0.15) is 0 Å². The third kappa shape index (κ3) is 5.49. The van der Waals surface area contributed by atoms with Gasteiger partial charge in [-0.05, 0) is 45.1 Å². The second kappa shape index (κ2) is 7.63. The Bertz CT molecular complexity index is 393. The van der Waals surface area contributed by atoms with Crippen molar-refractivity contribution in [2.24, 2.45) is 11.8 Å². The molecule has 0 aromatic carbocycles. The van der Waals surface area contributed by atoms with Gasteiger partial charge in [-0.15, -0.1) is 0 Å². The lowest BCUT2D eigenvalue weighted by Gasteiger charge is -2.29. The van der Waals surface area contributed by atoms with Gasteiger partial charge in [-0.25, -0.2) is 0 Å². The van der Waals surface area contributed by atoms with Crippen LogP contribution in [0.15, 0.2) is 23.3 Å². The van der Waals surface area contributed by atoms with E-state index in [1.165, 1.54) is 12.5 Å². The lowest BCUT2D eigenvalue weighted by Crippen LogP contribution is -2.29. The van der Waals surface area contributed by atoms with Crippen molar-refractivity contribution in [3.63, 3.8) is 0 Å². The summed E-state index contributed by atoms with van der Waals surface area (Å²) in [5.41, 5.74) is 2.28. The fourth-order valence-corrected chi connectivity index (χ4v) is 2.86. The van der Waals surface area contributed by atoms with Crippen molar-refractivity contribution >= 4 is 5.97 Å². The zero-order chi connectivity index (χ0) is 15.3. The van der Waals surface area contributed by atoms with Crippen LogP contribution in [0.4, 0.5) is 0 Å². The Morgan fingerprint density at radius 3 is 2.50 bits per heavy atom. The molecule has 0 unspecified atom stereocenters. The van der Waals surface area contributed by atoms with Crippen LogP contribution in [0.1, 0.15) is 53.9 Å². The second-order valence-electron chi connectivity index (χ2n) is 6.32. The maximum absolute atomic E-state index is 11.4. The number of carbonyl (C=O) groups is 1.